The Labute approximate surface area is 177 Å². The number of anilines is 2. The van der Waals surface area contributed by atoms with Gasteiger partial charge in [-0.25, -0.2) is 0 Å². The average Bonchev–Trinajstić information content (AvgIpc) is 3.19. The Balaban J connectivity index is 1.39. The van der Waals surface area contributed by atoms with E-state index < -0.39 is 0 Å². The molecule has 0 spiro atoms. The molecule has 6 heteroatoms. The normalized spacial score (nSPS) is 14.7. The van der Waals surface area contributed by atoms with E-state index in [2.05, 4.69) is 29.4 Å². The first-order valence-electron chi connectivity index (χ1n) is 10.4. The predicted octanol–water partition coefficient (Wildman–Crippen LogP) is 3.76. The van der Waals surface area contributed by atoms with E-state index in [1.54, 1.807) is 6.07 Å². The Morgan fingerprint density at radius 3 is 2.33 bits per heavy atom. The van der Waals surface area contributed by atoms with Gasteiger partial charge in [0.05, 0.1) is 17.6 Å². The number of likely N-dealkylation sites (tertiary alicyclic amines) is 1. The van der Waals surface area contributed by atoms with Crippen LogP contribution in [0.5, 0.6) is 0 Å². The molecule has 0 atom stereocenters. The van der Waals surface area contributed by atoms with Crippen molar-refractivity contribution in [2.24, 2.45) is 7.05 Å². The summed E-state index contributed by atoms with van der Waals surface area (Å²) in [6, 6.07) is 14.3. The second-order valence-corrected chi connectivity index (χ2v) is 8.26. The number of aryl methyl sites for hydroxylation is 1. The topological polar surface area (TPSA) is 67.4 Å². The summed E-state index contributed by atoms with van der Waals surface area (Å²) >= 11 is 0. The van der Waals surface area contributed by atoms with Gasteiger partial charge in [0.15, 0.2) is 0 Å². The number of aromatic nitrogens is 2. The molecule has 0 radical (unpaired) electrons. The molecule has 1 saturated heterocycles. The number of hydrogen-bond donors (Lipinski definition) is 1. The second kappa shape index (κ2) is 8.22. The molecule has 3 aromatic rings. The molecule has 1 aliphatic heterocycles. The predicted molar refractivity (Wildman–Crippen MR) is 122 cm³/mol. The molecule has 1 fully saturated rings. The molecular weight excluding hydrogens is 374 g/mol. The van der Waals surface area contributed by atoms with Crippen LogP contribution in [-0.4, -0.2) is 47.8 Å². The Hall–Kier alpha value is -3.28. The van der Waals surface area contributed by atoms with Gasteiger partial charge in [-0.2, -0.15) is 5.10 Å². The van der Waals surface area contributed by atoms with Gasteiger partial charge in [0.1, 0.15) is 0 Å². The van der Waals surface area contributed by atoms with Gasteiger partial charge < -0.3 is 15.5 Å². The fourth-order valence-corrected chi connectivity index (χ4v) is 4.21. The number of rotatable bonds is 4. The van der Waals surface area contributed by atoms with Gasteiger partial charge in [-0.15, -0.1) is 0 Å². The molecule has 2 N–H and O–H groups in total. The molecule has 156 valence electrons. The molecule has 6 nitrogen and oxygen atoms in total. The number of piperidine rings is 1. The molecule has 0 bridgehead atoms. The van der Waals surface area contributed by atoms with Crippen molar-refractivity contribution in [2.75, 3.05) is 37.8 Å². The zero-order chi connectivity index (χ0) is 21.3. The monoisotopic (exact) mass is 403 g/mol. The number of nitrogens with zero attached hydrogens (tertiary/aromatic N) is 4. The van der Waals surface area contributed by atoms with Crippen molar-refractivity contribution >= 4 is 17.3 Å². The summed E-state index contributed by atoms with van der Waals surface area (Å²) in [5.41, 5.74) is 12.0. The lowest BCUT2D eigenvalue weighted by molar-refractivity contribution is 0.0713. The van der Waals surface area contributed by atoms with Crippen LogP contribution in [0, 0.1) is 0 Å². The second-order valence-electron chi connectivity index (χ2n) is 8.26. The first kappa shape index (κ1) is 20.0. The maximum atomic E-state index is 12.9. The van der Waals surface area contributed by atoms with Crippen LogP contribution < -0.4 is 10.6 Å². The van der Waals surface area contributed by atoms with Crippen molar-refractivity contribution in [3.8, 4) is 11.1 Å². The summed E-state index contributed by atoms with van der Waals surface area (Å²) in [6.07, 6.45) is 5.86. The first-order valence-corrected chi connectivity index (χ1v) is 10.4. The van der Waals surface area contributed by atoms with E-state index in [0.29, 0.717) is 17.2 Å². The van der Waals surface area contributed by atoms with E-state index in [1.807, 2.05) is 60.2 Å². The summed E-state index contributed by atoms with van der Waals surface area (Å²) in [6.45, 7) is 1.53. The van der Waals surface area contributed by atoms with Crippen LogP contribution in [0.1, 0.15) is 34.7 Å². The van der Waals surface area contributed by atoms with Crippen LogP contribution in [0.2, 0.25) is 0 Å². The van der Waals surface area contributed by atoms with Crippen molar-refractivity contribution < 1.29 is 4.79 Å². The fraction of sp³-hybridized carbons (Fsp3) is 0.333. The highest BCUT2D eigenvalue weighted by Gasteiger charge is 2.25. The first-order chi connectivity index (χ1) is 14.4. The van der Waals surface area contributed by atoms with Crippen LogP contribution in [-0.2, 0) is 7.05 Å². The molecule has 4 rings (SSSR count). The average molecular weight is 404 g/mol. The van der Waals surface area contributed by atoms with Gasteiger partial charge >= 0.3 is 0 Å². The molecule has 1 aromatic heterocycles. The van der Waals surface area contributed by atoms with Gasteiger partial charge in [0, 0.05) is 51.6 Å². The highest BCUT2D eigenvalue weighted by molar-refractivity contribution is 5.96. The third kappa shape index (κ3) is 4.03. The molecule has 1 aliphatic rings. The summed E-state index contributed by atoms with van der Waals surface area (Å²) in [5, 5.41) is 4.24. The zero-order valence-electron chi connectivity index (χ0n) is 17.9. The van der Waals surface area contributed by atoms with Gasteiger partial charge in [-0.05, 0) is 48.1 Å². The van der Waals surface area contributed by atoms with Crippen LogP contribution in [0.15, 0.2) is 54.9 Å². The number of nitrogen functional groups attached to an aromatic ring is 1. The van der Waals surface area contributed by atoms with E-state index >= 15 is 0 Å². The minimum Gasteiger partial charge on any atom is -0.397 e. The summed E-state index contributed by atoms with van der Waals surface area (Å²) in [7, 11) is 5.82. The Morgan fingerprint density at radius 1 is 1.07 bits per heavy atom. The number of benzene rings is 2. The fourth-order valence-electron chi connectivity index (χ4n) is 4.21. The van der Waals surface area contributed by atoms with Gasteiger partial charge in [-0.1, -0.05) is 24.3 Å². The molecule has 2 aromatic carbocycles. The summed E-state index contributed by atoms with van der Waals surface area (Å²) < 4.78 is 1.82. The lowest BCUT2D eigenvalue weighted by Crippen LogP contribution is -2.38. The van der Waals surface area contributed by atoms with Crippen molar-refractivity contribution in [3.63, 3.8) is 0 Å². The SMILES string of the molecule is CN(C)c1ccc(C(=O)N2CCC(c3ccc(-c4cnn(C)c4)cc3)CC2)cc1N. The number of carbonyl (C=O) groups excluding carboxylic acids is 1. The third-order valence-corrected chi connectivity index (χ3v) is 5.96. The van der Waals surface area contributed by atoms with E-state index in [-0.39, 0.29) is 5.91 Å². The van der Waals surface area contributed by atoms with E-state index in [4.69, 9.17) is 5.73 Å². The third-order valence-electron chi connectivity index (χ3n) is 5.96. The standard InChI is InChI=1S/C24H29N5O/c1-27(2)23-9-8-20(14-22(23)25)24(30)29-12-10-19(11-13-29)17-4-6-18(7-5-17)21-15-26-28(3)16-21/h4-9,14-16,19H,10-13,25H2,1-3H3. The molecule has 2 heterocycles. The lowest BCUT2D eigenvalue weighted by Gasteiger charge is -2.32. The number of nitrogens with two attached hydrogens (primary N) is 1. The maximum absolute atomic E-state index is 12.9. The van der Waals surface area contributed by atoms with Crippen LogP contribution in [0.25, 0.3) is 11.1 Å². The maximum Gasteiger partial charge on any atom is 0.253 e. The number of carbonyl (C=O) groups is 1. The smallest absolute Gasteiger partial charge is 0.253 e. The Bertz CT molecular complexity index is 1030. The molecule has 1 amide bonds. The zero-order valence-corrected chi connectivity index (χ0v) is 17.9. The number of hydrogen-bond acceptors (Lipinski definition) is 4. The van der Waals surface area contributed by atoms with Crippen molar-refractivity contribution in [2.45, 2.75) is 18.8 Å². The Kier molecular flexibility index (Phi) is 5.48. The molecule has 0 aliphatic carbocycles. The molecule has 0 unspecified atom stereocenters. The molecular formula is C24H29N5O. The van der Waals surface area contributed by atoms with E-state index in [1.165, 1.54) is 11.1 Å². The largest absolute Gasteiger partial charge is 0.397 e. The van der Waals surface area contributed by atoms with Crippen molar-refractivity contribution in [1.29, 1.82) is 0 Å². The van der Waals surface area contributed by atoms with E-state index in [0.717, 1.165) is 37.2 Å². The van der Waals surface area contributed by atoms with Gasteiger partial charge in [0.25, 0.3) is 5.91 Å². The van der Waals surface area contributed by atoms with Crippen molar-refractivity contribution in [3.05, 3.63) is 66.0 Å². The minimum atomic E-state index is 0.0670. The highest BCUT2D eigenvalue weighted by atomic mass is 16.2. The van der Waals surface area contributed by atoms with Crippen LogP contribution in [0.4, 0.5) is 11.4 Å². The van der Waals surface area contributed by atoms with Crippen LogP contribution in [0.3, 0.4) is 0 Å². The van der Waals surface area contributed by atoms with E-state index in [9.17, 15) is 4.79 Å². The van der Waals surface area contributed by atoms with Gasteiger partial charge in [0.2, 0.25) is 0 Å². The molecule has 0 saturated carbocycles. The highest BCUT2D eigenvalue weighted by Crippen LogP contribution is 2.31. The molecule has 30 heavy (non-hydrogen) atoms. The van der Waals surface area contributed by atoms with Crippen LogP contribution >= 0.6 is 0 Å². The quantitative estimate of drug-likeness (QED) is 0.674. The summed E-state index contributed by atoms with van der Waals surface area (Å²) in [5.74, 6) is 0.551. The van der Waals surface area contributed by atoms with Crippen molar-refractivity contribution in [1.82, 2.24) is 14.7 Å². The number of amides is 1. The summed E-state index contributed by atoms with van der Waals surface area (Å²) in [4.78, 5) is 16.8. The lowest BCUT2D eigenvalue weighted by atomic mass is 9.88. The minimum absolute atomic E-state index is 0.0670. The Morgan fingerprint density at radius 2 is 1.77 bits per heavy atom. The van der Waals surface area contributed by atoms with Gasteiger partial charge in [-0.3, -0.25) is 9.48 Å².